The Morgan fingerprint density at radius 2 is 1.92 bits per heavy atom. The number of hydrogen-bond donors (Lipinski definition) is 1. The molecule has 1 atom stereocenters. The number of imidazole rings is 1. The average molecular weight is 492 g/mol. The molecule has 1 aliphatic heterocycles. The van der Waals surface area contributed by atoms with Crippen molar-refractivity contribution < 1.29 is 19.4 Å². The first-order chi connectivity index (χ1) is 17.5. The summed E-state index contributed by atoms with van der Waals surface area (Å²) in [6, 6.07) is 13.6. The van der Waals surface area contributed by atoms with Gasteiger partial charge in [-0.2, -0.15) is 0 Å². The Morgan fingerprint density at radius 1 is 1.19 bits per heavy atom. The molecule has 1 saturated carbocycles. The van der Waals surface area contributed by atoms with E-state index in [2.05, 4.69) is 54.8 Å². The first-order valence-corrected chi connectivity index (χ1v) is 13.0. The van der Waals surface area contributed by atoms with Crippen LogP contribution in [-0.4, -0.2) is 45.8 Å². The quantitative estimate of drug-likeness (QED) is 0.451. The molecule has 36 heavy (non-hydrogen) atoms. The molecule has 1 N–H and O–H groups in total. The lowest BCUT2D eigenvalue weighted by atomic mass is 9.88. The molecule has 1 fully saturated rings. The van der Waals surface area contributed by atoms with E-state index in [-0.39, 0.29) is 12.6 Å². The molecule has 0 spiro atoms. The van der Waals surface area contributed by atoms with Gasteiger partial charge in [-0.1, -0.05) is 49.6 Å². The van der Waals surface area contributed by atoms with Gasteiger partial charge in [0.2, 0.25) is 0 Å². The van der Waals surface area contributed by atoms with Crippen LogP contribution < -0.4 is 0 Å². The number of rotatable bonds is 4. The van der Waals surface area contributed by atoms with E-state index in [1.54, 1.807) is 4.90 Å². The van der Waals surface area contributed by atoms with Gasteiger partial charge in [-0.05, 0) is 62.3 Å². The lowest BCUT2D eigenvalue weighted by molar-refractivity contribution is -0.122. The number of carbonyl (C=O) groups is 2. The van der Waals surface area contributed by atoms with E-state index in [0.717, 1.165) is 18.4 Å². The predicted molar refractivity (Wildman–Crippen MR) is 140 cm³/mol. The highest BCUT2D eigenvalue weighted by Gasteiger charge is 2.29. The number of carbonyl (C=O) groups excluding carboxylic acids is 1. The molecular formula is C29H37N3O4. The molecule has 2 aromatic carbocycles. The van der Waals surface area contributed by atoms with Crippen molar-refractivity contribution in [2.75, 3.05) is 13.7 Å². The summed E-state index contributed by atoms with van der Waals surface area (Å²) in [5, 5.41) is 6.89. The van der Waals surface area contributed by atoms with Crippen molar-refractivity contribution in [1.29, 1.82) is 0 Å². The van der Waals surface area contributed by atoms with E-state index < -0.39 is 0 Å². The number of carboxylic acid groups (broad SMARTS) is 1. The van der Waals surface area contributed by atoms with Crippen LogP contribution in [0.2, 0.25) is 0 Å². The molecule has 0 saturated heterocycles. The van der Waals surface area contributed by atoms with Crippen LogP contribution in [0, 0.1) is 6.92 Å². The van der Waals surface area contributed by atoms with Crippen LogP contribution in [0.3, 0.4) is 0 Å². The first-order valence-electron chi connectivity index (χ1n) is 13.0. The molecular weight excluding hydrogens is 454 g/mol. The maximum atomic E-state index is 12.3. The maximum Gasteiger partial charge on any atom is 0.409 e. The van der Waals surface area contributed by atoms with E-state index in [1.807, 2.05) is 0 Å². The zero-order valence-electron chi connectivity index (χ0n) is 21.6. The number of methoxy groups -OCH3 is 1. The van der Waals surface area contributed by atoms with Crippen molar-refractivity contribution >= 4 is 23.6 Å². The summed E-state index contributed by atoms with van der Waals surface area (Å²) in [5.41, 5.74) is 7.55. The number of amides is 1. The Bertz CT molecular complexity index is 1210. The Balaban J connectivity index is 0.000000967. The molecule has 0 radical (unpaired) electrons. The second-order valence-corrected chi connectivity index (χ2v) is 9.97. The fraction of sp³-hybridized carbons (Fsp3) is 0.483. The Morgan fingerprint density at radius 3 is 2.61 bits per heavy atom. The van der Waals surface area contributed by atoms with Crippen molar-refractivity contribution in [3.8, 4) is 0 Å². The number of aromatic nitrogens is 2. The molecule has 1 aromatic heterocycles. The predicted octanol–water partition coefficient (Wildman–Crippen LogP) is 6.02. The molecule has 0 bridgehead atoms. The van der Waals surface area contributed by atoms with Crippen molar-refractivity contribution in [1.82, 2.24) is 14.5 Å². The topological polar surface area (TPSA) is 84.7 Å². The zero-order valence-corrected chi connectivity index (χ0v) is 21.6. The summed E-state index contributed by atoms with van der Waals surface area (Å²) in [6.45, 7) is 5.56. The standard InChI is InChI=1S/C28H35N3O2.CH2O2/c1-19-9-7-8-12-23(19)17-20(2)31-25-14-13-21-15-16-30(28(32)33-3)18-24(21)26(25)29-27(31)22-10-5-4-6-11-22;2-1-3/h7-9,12-14,20,22H,4-6,10-11,15-18H2,1-3H3;1H,(H,2,3). The first kappa shape index (κ1) is 25.7. The Labute approximate surface area is 213 Å². The van der Waals surface area contributed by atoms with E-state index in [4.69, 9.17) is 19.6 Å². The van der Waals surface area contributed by atoms with Gasteiger partial charge in [0.25, 0.3) is 6.47 Å². The lowest BCUT2D eigenvalue weighted by Gasteiger charge is -2.28. The minimum Gasteiger partial charge on any atom is -0.483 e. The summed E-state index contributed by atoms with van der Waals surface area (Å²) in [5.74, 6) is 1.76. The Hall–Kier alpha value is -3.35. The molecule has 5 rings (SSSR count). The molecule has 2 heterocycles. The third kappa shape index (κ3) is 5.25. The number of benzene rings is 2. The number of aryl methyl sites for hydroxylation is 1. The van der Waals surface area contributed by atoms with Crippen LogP contribution in [0.4, 0.5) is 4.79 Å². The number of nitrogens with zero attached hydrogens (tertiary/aromatic N) is 3. The summed E-state index contributed by atoms with van der Waals surface area (Å²) in [7, 11) is 1.46. The SMILES string of the molecule is COC(=O)N1CCc2ccc3c(nc(C4CCCCC4)n3C(C)Cc3ccccc3C)c2C1.O=CO. The zero-order chi connectivity index (χ0) is 25.7. The van der Waals surface area contributed by atoms with Crippen molar-refractivity contribution in [3.63, 3.8) is 0 Å². The number of hydrogen-bond acceptors (Lipinski definition) is 4. The Kier molecular flexibility index (Phi) is 8.28. The van der Waals surface area contributed by atoms with E-state index in [0.29, 0.717) is 25.0 Å². The van der Waals surface area contributed by atoms with Crippen LogP contribution in [0.25, 0.3) is 11.0 Å². The monoisotopic (exact) mass is 491 g/mol. The fourth-order valence-corrected chi connectivity index (χ4v) is 5.86. The molecule has 1 aliphatic carbocycles. The second-order valence-electron chi connectivity index (χ2n) is 9.97. The summed E-state index contributed by atoms with van der Waals surface area (Å²) < 4.78 is 7.54. The van der Waals surface area contributed by atoms with Crippen LogP contribution in [0.1, 0.15) is 79.1 Å². The molecule has 7 heteroatoms. The normalized spacial score (nSPS) is 16.6. The van der Waals surface area contributed by atoms with Gasteiger partial charge in [0.1, 0.15) is 5.82 Å². The fourth-order valence-electron chi connectivity index (χ4n) is 5.86. The molecule has 2 aliphatic rings. The highest BCUT2D eigenvalue weighted by atomic mass is 16.5. The van der Waals surface area contributed by atoms with Crippen LogP contribution in [-0.2, 0) is 28.9 Å². The van der Waals surface area contributed by atoms with Gasteiger partial charge in [-0.15, -0.1) is 0 Å². The molecule has 1 unspecified atom stereocenters. The minimum absolute atomic E-state index is 0.250. The van der Waals surface area contributed by atoms with Gasteiger partial charge in [0, 0.05) is 24.1 Å². The van der Waals surface area contributed by atoms with Gasteiger partial charge < -0.3 is 19.3 Å². The largest absolute Gasteiger partial charge is 0.483 e. The lowest BCUT2D eigenvalue weighted by Crippen LogP contribution is -2.35. The second kappa shape index (κ2) is 11.6. The van der Waals surface area contributed by atoms with Crippen LogP contribution in [0.15, 0.2) is 36.4 Å². The van der Waals surface area contributed by atoms with Gasteiger partial charge >= 0.3 is 6.09 Å². The highest BCUT2D eigenvalue weighted by Crippen LogP contribution is 2.38. The van der Waals surface area contributed by atoms with Crippen molar-refractivity contribution in [2.24, 2.45) is 0 Å². The highest BCUT2D eigenvalue weighted by molar-refractivity contribution is 5.82. The summed E-state index contributed by atoms with van der Waals surface area (Å²) in [4.78, 5) is 27.8. The molecule has 1 amide bonds. The molecule has 3 aromatic rings. The van der Waals surface area contributed by atoms with Crippen molar-refractivity contribution in [2.45, 2.75) is 77.3 Å². The number of fused-ring (bicyclic) bond motifs is 3. The van der Waals surface area contributed by atoms with Crippen molar-refractivity contribution in [3.05, 3.63) is 64.5 Å². The summed E-state index contributed by atoms with van der Waals surface area (Å²) in [6.07, 6.45) is 7.93. The third-order valence-electron chi connectivity index (χ3n) is 7.71. The third-order valence-corrected chi connectivity index (χ3v) is 7.71. The van der Waals surface area contributed by atoms with Crippen LogP contribution >= 0.6 is 0 Å². The summed E-state index contributed by atoms with van der Waals surface area (Å²) >= 11 is 0. The minimum atomic E-state index is -0.252. The maximum absolute atomic E-state index is 12.3. The molecule has 7 nitrogen and oxygen atoms in total. The van der Waals surface area contributed by atoms with E-state index in [9.17, 15) is 4.79 Å². The van der Waals surface area contributed by atoms with Gasteiger partial charge in [0.05, 0.1) is 24.7 Å². The molecule has 192 valence electrons. The van der Waals surface area contributed by atoms with Gasteiger partial charge in [0.15, 0.2) is 0 Å². The van der Waals surface area contributed by atoms with E-state index in [1.165, 1.54) is 72.8 Å². The van der Waals surface area contributed by atoms with Crippen LogP contribution in [0.5, 0.6) is 0 Å². The van der Waals surface area contributed by atoms with Gasteiger partial charge in [-0.3, -0.25) is 4.79 Å². The smallest absolute Gasteiger partial charge is 0.409 e. The average Bonchev–Trinajstić information content (AvgIpc) is 3.30. The van der Waals surface area contributed by atoms with E-state index >= 15 is 0 Å². The number of ether oxygens (including phenoxy) is 1. The van der Waals surface area contributed by atoms with Gasteiger partial charge in [-0.25, -0.2) is 9.78 Å².